The SMILES string of the molecule is CCN(CC)S(=O)(=O)c1ccc(S(=O)(=O)Nc2ccc(C#N)cc2)cc1. The van der Waals surface area contributed by atoms with Crippen molar-refractivity contribution in [3.63, 3.8) is 0 Å². The highest BCUT2D eigenvalue weighted by Gasteiger charge is 2.22. The van der Waals surface area contributed by atoms with Gasteiger partial charge in [-0.15, -0.1) is 0 Å². The van der Waals surface area contributed by atoms with Gasteiger partial charge in [-0.05, 0) is 48.5 Å². The second-order valence-electron chi connectivity index (χ2n) is 5.36. The van der Waals surface area contributed by atoms with Crippen molar-refractivity contribution >= 4 is 25.7 Å². The van der Waals surface area contributed by atoms with E-state index in [2.05, 4.69) is 4.72 Å². The van der Waals surface area contributed by atoms with Crippen molar-refractivity contribution < 1.29 is 16.8 Å². The van der Waals surface area contributed by atoms with Crippen molar-refractivity contribution in [2.45, 2.75) is 23.6 Å². The molecule has 0 aliphatic rings. The first-order valence-electron chi connectivity index (χ1n) is 7.87. The Hall–Kier alpha value is -2.41. The van der Waals surface area contributed by atoms with Gasteiger partial charge in [-0.25, -0.2) is 16.8 Å². The summed E-state index contributed by atoms with van der Waals surface area (Å²) in [6, 6.07) is 13.0. The van der Waals surface area contributed by atoms with E-state index in [0.717, 1.165) is 0 Å². The predicted octanol–water partition coefficient (Wildman–Crippen LogP) is 2.39. The molecular formula is C17H19N3O4S2. The number of sulfonamides is 2. The van der Waals surface area contributed by atoms with Gasteiger partial charge in [-0.3, -0.25) is 4.72 Å². The topological polar surface area (TPSA) is 107 Å². The Morgan fingerprint density at radius 2 is 1.38 bits per heavy atom. The largest absolute Gasteiger partial charge is 0.280 e. The van der Waals surface area contributed by atoms with Crippen molar-refractivity contribution in [2.75, 3.05) is 17.8 Å². The first kappa shape index (κ1) is 19.9. The van der Waals surface area contributed by atoms with Crippen molar-refractivity contribution in [3.8, 4) is 6.07 Å². The molecule has 0 heterocycles. The minimum atomic E-state index is -3.87. The zero-order valence-electron chi connectivity index (χ0n) is 14.4. The molecule has 0 aromatic heterocycles. The zero-order valence-corrected chi connectivity index (χ0v) is 16.0. The highest BCUT2D eigenvalue weighted by atomic mass is 32.2. The van der Waals surface area contributed by atoms with Crippen LogP contribution < -0.4 is 4.72 Å². The van der Waals surface area contributed by atoms with Crippen LogP contribution in [0.15, 0.2) is 58.3 Å². The summed E-state index contributed by atoms with van der Waals surface area (Å²) in [5.41, 5.74) is 0.725. The molecule has 0 bridgehead atoms. The van der Waals surface area contributed by atoms with Gasteiger partial charge in [0.05, 0.1) is 21.4 Å². The molecule has 0 unspecified atom stereocenters. The summed E-state index contributed by atoms with van der Waals surface area (Å²) < 4.78 is 53.4. The second-order valence-corrected chi connectivity index (χ2v) is 8.98. The summed E-state index contributed by atoms with van der Waals surface area (Å²) in [6.45, 7) is 4.14. The molecule has 0 aliphatic carbocycles. The molecule has 7 nitrogen and oxygen atoms in total. The lowest BCUT2D eigenvalue weighted by molar-refractivity contribution is 0.445. The van der Waals surface area contributed by atoms with E-state index in [-0.39, 0.29) is 9.79 Å². The molecule has 9 heteroatoms. The molecule has 0 spiro atoms. The first-order valence-corrected chi connectivity index (χ1v) is 10.8. The molecule has 0 saturated heterocycles. The number of benzene rings is 2. The third-order valence-corrected chi connectivity index (χ3v) is 7.20. The number of nitrogens with one attached hydrogen (secondary N) is 1. The number of anilines is 1. The van der Waals surface area contributed by atoms with Gasteiger partial charge in [0.1, 0.15) is 0 Å². The number of hydrogen-bond acceptors (Lipinski definition) is 5. The molecule has 2 rings (SSSR count). The van der Waals surface area contributed by atoms with E-state index in [1.807, 2.05) is 6.07 Å². The number of nitriles is 1. The Morgan fingerprint density at radius 1 is 0.885 bits per heavy atom. The van der Waals surface area contributed by atoms with Crippen molar-refractivity contribution in [1.82, 2.24) is 4.31 Å². The number of nitrogens with zero attached hydrogens (tertiary/aromatic N) is 2. The minimum absolute atomic E-state index is 0.0403. The van der Waals surface area contributed by atoms with Gasteiger partial charge in [-0.1, -0.05) is 13.8 Å². The van der Waals surface area contributed by atoms with Crippen LogP contribution >= 0.6 is 0 Å². The molecule has 26 heavy (non-hydrogen) atoms. The standard InChI is InChI=1S/C17H19N3O4S2/c1-3-20(4-2)26(23,24)17-11-9-16(10-12-17)25(21,22)19-15-7-5-14(13-18)6-8-15/h5-12,19H,3-4H2,1-2H3. The monoisotopic (exact) mass is 393 g/mol. The van der Waals surface area contributed by atoms with Crippen LogP contribution in [0.3, 0.4) is 0 Å². The Kier molecular flexibility index (Phi) is 6.02. The average molecular weight is 393 g/mol. The molecule has 1 N–H and O–H groups in total. The Morgan fingerprint density at radius 3 is 1.85 bits per heavy atom. The van der Waals surface area contributed by atoms with Crippen molar-refractivity contribution in [2.24, 2.45) is 0 Å². The van der Waals surface area contributed by atoms with Gasteiger partial charge in [0.25, 0.3) is 10.0 Å². The van der Waals surface area contributed by atoms with Gasteiger partial charge in [-0.2, -0.15) is 9.57 Å². The summed E-state index contributed by atoms with van der Waals surface area (Å²) in [5, 5.41) is 8.76. The summed E-state index contributed by atoms with van der Waals surface area (Å²) in [6.07, 6.45) is 0. The Bertz CT molecular complexity index is 1000. The summed E-state index contributed by atoms with van der Waals surface area (Å²) >= 11 is 0. The van der Waals surface area contributed by atoms with Gasteiger partial charge in [0.15, 0.2) is 0 Å². The van der Waals surface area contributed by atoms with Gasteiger partial charge >= 0.3 is 0 Å². The second kappa shape index (κ2) is 7.86. The lowest BCUT2D eigenvalue weighted by Gasteiger charge is -2.18. The van der Waals surface area contributed by atoms with Crippen molar-refractivity contribution in [3.05, 3.63) is 54.1 Å². The maximum Gasteiger partial charge on any atom is 0.261 e. The Labute approximate surface area is 154 Å². The van der Waals surface area contributed by atoms with Crippen LogP contribution in [0.4, 0.5) is 5.69 Å². The molecule has 2 aromatic carbocycles. The summed E-state index contributed by atoms with van der Waals surface area (Å²) in [7, 11) is -7.51. The average Bonchev–Trinajstić information content (AvgIpc) is 2.63. The van der Waals surface area contributed by atoms with Crippen LogP contribution in [-0.4, -0.2) is 34.2 Å². The van der Waals surface area contributed by atoms with Crippen LogP contribution in [0.5, 0.6) is 0 Å². The lowest BCUT2D eigenvalue weighted by atomic mass is 10.2. The molecule has 0 aliphatic heterocycles. The number of rotatable bonds is 7. The molecular weight excluding hydrogens is 374 g/mol. The van der Waals surface area contributed by atoms with E-state index in [4.69, 9.17) is 5.26 Å². The number of hydrogen-bond donors (Lipinski definition) is 1. The summed E-state index contributed by atoms with van der Waals surface area (Å²) in [5.74, 6) is 0. The summed E-state index contributed by atoms with van der Waals surface area (Å²) in [4.78, 5) is -0.0149. The van der Waals surface area contributed by atoms with Crippen molar-refractivity contribution in [1.29, 1.82) is 5.26 Å². The highest BCUT2D eigenvalue weighted by molar-refractivity contribution is 7.92. The third-order valence-electron chi connectivity index (χ3n) is 3.74. The van der Waals surface area contributed by atoms with Crippen LogP contribution in [0.1, 0.15) is 19.4 Å². The fraction of sp³-hybridized carbons (Fsp3) is 0.235. The Balaban J connectivity index is 2.27. The highest BCUT2D eigenvalue weighted by Crippen LogP contribution is 2.20. The minimum Gasteiger partial charge on any atom is -0.280 e. The predicted molar refractivity (Wildman–Crippen MR) is 98.5 cm³/mol. The fourth-order valence-corrected chi connectivity index (χ4v) is 4.85. The molecule has 0 saturated carbocycles. The molecule has 0 fully saturated rings. The van der Waals surface area contributed by atoms with E-state index in [1.54, 1.807) is 13.8 Å². The normalized spacial score (nSPS) is 11.9. The van der Waals surface area contributed by atoms with Gasteiger partial charge < -0.3 is 0 Å². The van der Waals surface area contributed by atoms with Crippen LogP contribution in [0, 0.1) is 11.3 Å². The van der Waals surface area contributed by atoms with E-state index in [1.165, 1.54) is 52.8 Å². The quantitative estimate of drug-likeness (QED) is 0.777. The van der Waals surface area contributed by atoms with E-state index < -0.39 is 20.0 Å². The first-order chi connectivity index (χ1) is 12.2. The lowest BCUT2D eigenvalue weighted by Crippen LogP contribution is -2.30. The molecule has 2 aromatic rings. The fourth-order valence-electron chi connectivity index (χ4n) is 2.33. The smallest absolute Gasteiger partial charge is 0.261 e. The molecule has 0 radical (unpaired) electrons. The van der Waals surface area contributed by atoms with E-state index >= 15 is 0 Å². The van der Waals surface area contributed by atoms with Gasteiger partial charge in [0.2, 0.25) is 10.0 Å². The van der Waals surface area contributed by atoms with E-state index in [0.29, 0.717) is 24.3 Å². The van der Waals surface area contributed by atoms with Crippen LogP contribution in [0.2, 0.25) is 0 Å². The van der Waals surface area contributed by atoms with E-state index in [9.17, 15) is 16.8 Å². The third kappa shape index (κ3) is 4.22. The zero-order chi connectivity index (χ0) is 19.4. The molecule has 0 amide bonds. The molecule has 0 atom stereocenters. The van der Waals surface area contributed by atoms with Crippen LogP contribution in [0.25, 0.3) is 0 Å². The maximum absolute atomic E-state index is 12.4. The maximum atomic E-state index is 12.4. The van der Waals surface area contributed by atoms with Gasteiger partial charge in [0, 0.05) is 18.8 Å². The van der Waals surface area contributed by atoms with Crippen LogP contribution in [-0.2, 0) is 20.0 Å². The molecule has 138 valence electrons.